The van der Waals surface area contributed by atoms with Crippen LogP contribution in [0.4, 0.5) is 5.69 Å². The molecule has 0 radical (unpaired) electrons. The number of ketones is 1. The number of Topliss-reactive ketones (excluding diaryl/α,β-unsaturated/α-hetero) is 1. The van der Waals surface area contributed by atoms with Crippen LogP contribution < -0.4 is 5.32 Å². The van der Waals surface area contributed by atoms with Crippen LogP contribution in [-0.2, 0) is 4.79 Å². The molecule has 0 amide bonds. The third-order valence-electron chi connectivity index (χ3n) is 3.30. The van der Waals surface area contributed by atoms with Crippen molar-refractivity contribution in [2.45, 2.75) is 52.5 Å². The minimum Gasteiger partial charge on any atom is -0.480 e. The van der Waals surface area contributed by atoms with Gasteiger partial charge >= 0.3 is 5.97 Å². The fourth-order valence-corrected chi connectivity index (χ4v) is 2.11. The number of hydrogen-bond donors (Lipinski definition) is 2. The number of anilines is 1. The Morgan fingerprint density at radius 2 is 2.00 bits per heavy atom. The van der Waals surface area contributed by atoms with E-state index in [2.05, 4.69) is 12.2 Å². The second-order valence-electron chi connectivity index (χ2n) is 5.08. The summed E-state index contributed by atoms with van der Waals surface area (Å²) >= 11 is 0. The van der Waals surface area contributed by atoms with Crippen molar-refractivity contribution >= 4 is 17.4 Å². The summed E-state index contributed by atoms with van der Waals surface area (Å²) in [6, 6.07) is 4.75. The van der Waals surface area contributed by atoms with Crippen LogP contribution in [0.2, 0.25) is 0 Å². The van der Waals surface area contributed by atoms with Crippen LogP contribution in [0.15, 0.2) is 18.2 Å². The van der Waals surface area contributed by atoms with Gasteiger partial charge in [-0.05, 0) is 31.9 Å². The molecule has 1 aromatic carbocycles. The molecule has 0 saturated carbocycles. The van der Waals surface area contributed by atoms with Gasteiger partial charge < -0.3 is 10.4 Å². The third-order valence-corrected chi connectivity index (χ3v) is 3.30. The highest BCUT2D eigenvalue weighted by Gasteiger charge is 2.17. The molecule has 0 aliphatic heterocycles. The SMILES string of the molecule is CCCCCC(=O)c1c(C)cccc1N[C@@H](C)C(=O)O. The maximum absolute atomic E-state index is 12.3. The number of carbonyl (C=O) groups is 2. The van der Waals surface area contributed by atoms with Gasteiger partial charge in [0.15, 0.2) is 5.78 Å². The van der Waals surface area contributed by atoms with Gasteiger partial charge in [0.2, 0.25) is 0 Å². The number of carboxylic acid groups (broad SMARTS) is 1. The summed E-state index contributed by atoms with van der Waals surface area (Å²) in [6.07, 6.45) is 3.49. The van der Waals surface area contributed by atoms with Crippen LogP contribution in [-0.4, -0.2) is 22.9 Å². The van der Waals surface area contributed by atoms with Gasteiger partial charge in [-0.25, -0.2) is 0 Å². The molecule has 20 heavy (non-hydrogen) atoms. The zero-order valence-corrected chi connectivity index (χ0v) is 12.4. The molecule has 110 valence electrons. The second-order valence-corrected chi connectivity index (χ2v) is 5.08. The highest BCUT2D eigenvalue weighted by atomic mass is 16.4. The molecule has 0 fully saturated rings. The molecule has 0 heterocycles. The lowest BCUT2D eigenvalue weighted by Gasteiger charge is -2.16. The number of hydrogen-bond acceptors (Lipinski definition) is 3. The van der Waals surface area contributed by atoms with E-state index in [1.165, 1.54) is 0 Å². The van der Waals surface area contributed by atoms with E-state index in [4.69, 9.17) is 5.11 Å². The summed E-state index contributed by atoms with van der Waals surface area (Å²) in [6.45, 7) is 5.54. The molecule has 0 spiro atoms. The highest BCUT2D eigenvalue weighted by molar-refractivity contribution is 6.03. The van der Waals surface area contributed by atoms with Gasteiger partial charge in [0.25, 0.3) is 0 Å². The minimum atomic E-state index is -0.934. The number of carbonyl (C=O) groups excluding carboxylic acids is 1. The lowest BCUT2D eigenvalue weighted by molar-refractivity contribution is -0.137. The first-order valence-electron chi connectivity index (χ1n) is 7.09. The lowest BCUT2D eigenvalue weighted by atomic mass is 9.98. The number of benzene rings is 1. The number of carboxylic acids is 1. The quantitative estimate of drug-likeness (QED) is 0.562. The van der Waals surface area contributed by atoms with Crippen molar-refractivity contribution in [2.24, 2.45) is 0 Å². The van der Waals surface area contributed by atoms with Gasteiger partial charge in [0.05, 0.1) is 0 Å². The summed E-state index contributed by atoms with van der Waals surface area (Å²) in [5, 5.41) is 11.9. The average molecular weight is 277 g/mol. The predicted molar refractivity (Wildman–Crippen MR) is 80.4 cm³/mol. The molecule has 4 heteroatoms. The smallest absolute Gasteiger partial charge is 0.325 e. The topological polar surface area (TPSA) is 66.4 Å². The predicted octanol–water partition coefficient (Wildman–Crippen LogP) is 3.64. The van der Waals surface area contributed by atoms with Crippen LogP contribution in [0, 0.1) is 6.92 Å². The molecule has 0 bridgehead atoms. The number of aliphatic carboxylic acids is 1. The van der Waals surface area contributed by atoms with E-state index in [-0.39, 0.29) is 5.78 Å². The molecular formula is C16H23NO3. The Hall–Kier alpha value is -1.84. The monoisotopic (exact) mass is 277 g/mol. The Labute approximate surface area is 120 Å². The lowest BCUT2D eigenvalue weighted by Crippen LogP contribution is -2.26. The number of nitrogens with one attached hydrogen (secondary N) is 1. The number of unbranched alkanes of at least 4 members (excludes halogenated alkanes) is 2. The Bertz CT molecular complexity index is 483. The maximum atomic E-state index is 12.3. The molecule has 0 saturated heterocycles. The van der Waals surface area contributed by atoms with Crippen molar-refractivity contribution < 1.29 is 14.7 Å². The fourth-order valence-electron chi connectivity index (χ4n) is 2.11. The first-order chi connectivity index (χ1) is 9.47. The van der Waals surface area contributed by atoms with E-state index in [0.29, 0.717) is 17.7 Å². The van der Waals surface area contributed by atoms with Gasteiger partial charge in [-0.2, -0.15) is 0 Å². The van der Waals surface area contributed by atoms with Crippen molar-refractivity contribution in [1.82, 2.24) is 0 Å². The van der Waals surface area contributed by atoms with E-state index in [1.54, 1.807) is 13.0 Å². The number of aryl methyl sites for hydroxylation is 1. The van der Waals surface area contributed by atoms with Crippen LogP contribution in [0.1, 0.15) is 55.5 Å². The standard InChI is InChI=1S/C16H23NO3/c1-4-5-6-10-14(18)15-11(2)8-7-9-13(15)17-12(3)16(19)20/h7-9,12,17H,4-6,10H2,1-3H3,(H,19,20)/t12-/m0/s1. The van der Waals surface area contributed by atoms with Gasteiger partial charge in [0, 0.05) is 17.7 Å². The van der Waals surface area contributed by atoms with Gasteiger partial charge in [-0.1, -0.05) is 31.9 Å². The van der Waals surface area contributed by atoms with E-state index >= 15 is 0 Å². The van der Waals surface area contributed by atoms with E-state index < -0.39 is 12.0 Å². The molecule has 1 aromatic rings. The van der Waals surface area contributed by atoms with Crippen molar-refractivity contribution in [3.05, 3.63) is 29.3 Å². The van der Waals surface area contributed by atoms with E-state index in [1.807, 2.05) is 19.1 Å². The summed E-state index contributed by atoms with van der Waals surface area (Å²) in [5.41, 5.74) is 2.12. The largest absolute Gasteiger partial charge is 0.480 e. The van der Waals surface area contributed by atoms with Gasteiger partial charge in [-0.3, -0.25) is 9.59 Å². The first-order valence-corrected chi connectivity index (χ1v) is 7.09. The van der Waals surface area contributed by atoms with Crippen molar-refractivity contribution in [3.8, 4) is 0 Å². The fraction of sp³-hybridized carbons (Fsp3) is 0.500. The molecular weight excluding hydrogens is 254 g/mol. The second kappa shape index (κ2) is 7.68. The summed E-state index contributed by atoms with van der Waals surface area (Å²) in [5.74, 6) is -0.854. The zero-order chi connectivity index (χ0) is 15.1. The van der Waals surface area contributed by atoms with Crippen LogP contribution in [0.25, 0.3) is 0 Å². The van der Waals surface area contributed by atoms with Crippen molar-refractivity contribution in [2.75, 3.05) is 5.32 Å². The normalized spacial score (nSPS) is 11.9. The Balaban J connectivity index is 2.93. The molecule has 4 nitrogen and oxygen atoms in total. The summed E-state index contributed by atoms with van der Waals surface area (Å²) in [7, 11) is 0. The highest BCUT2D eigenvalue weighted by Crippen LogP contribution is 2.23. The van der Waals surface area contributed by atoms with Crippen LogP contribution in [0.3, 0.4) is 0 Å². The number of rotatable bonds is 8. The molecule has 0 aliphatic rings. The van der Waals surface area contributed by atoms with Gasteiger partial charge in [-0.15, -0.1) is 0 Å². The molecule has 1 rings (SSSR count). The maximum Gasteiger partial charge on any atom is 0.325 e. The Morgan fingerprint density at radius 3 is 2.60 bits per heavy atom. The molecule has 0 aliphatic carbocycles. The third kappa shape index (κ3) is 4.37. The van der Waals surface area contributed by atoms with Crippen LogP contribution >= 0.6 is 0 Å². The molecule has 0 unspecified atom stereocenters. The molecule has 0 aromatic heterocycles. The summed E-state index contributed by atoms with van der Waals surface area (Å²) < 4.78 is 0. The first kappa shape index (κ1) is 16.2. The van der Waals surface area contributed by atoms with Gasteiger partial charge in [0.1, 0.15) is 6.04 Å². The Kier molecular flexibility index (Phi) is 6.22. The average Bonchev–Trinajstić information content (AvgIpc) is 2.38. The molecule has 2 N–H and O–H groups in total. The Morgan fingerprint density at radius 1 is 1.30 bits per heavy atom. The molecule has 1 atom stereocenters. The van der Waals surface area contributed by atoms with E-state index in [0.717, 1.165) is 24.8 Å². The van der Waals surface area contributed by atoms with Crippen molar-refractivity contribution in [3.63, 3.8) is 0 Å². The minimum absolute atomic E-state index is 0.0802. The van der Waals surface area contributed by atoms with E-state index in [9.17, 15) is 9.59 Å². The van der Waals surface area contributed by atoms with Crippen molar-refractivity contribution in [1.29, 1.82) is 0 Å². The zero-order valence-electron chi connectivity index (χ0n) is 12.4. The van der Waals surface area contributed by atoms with Crippen LogP contribution in [0.5, 0.6) is 0 Å². The summed E-state index contributed by atoms with van der Waals surface area (Å²) in [4.78, 5) is 23.3.